The smallest absolute Gasteiger partial charge is 0.133 e. The summed E-state index contributed by atoms with van der Waals surface area (Å²) in [6.07, 6.45) is 3.33. The first-order valence-electron chi connectivity index (χ1n) is 5.87. The summed E-state index contributed by atoms with van der Waals surface area (Å²) < 4.78 is 1.88. The van der Waals surface area contributed by atoms with Crippen LogP contribution < -0.4 is 5.32 Å². The van der Waals surface area contributed by atoms with E-state index in [1.54, 1.807) is 12.1 Å². The number of rotatable bonds is 2. The normalized spacial score (nSPS) is 13.7. The van der Waals surface area contributed by atoms with Crippen LogP contribution in [0.4, 0.5) is 5.82 Å². The monoisotopic (exact) mass is 229 g/mol. The Kier molecular flexibility index (Phi) is 2.28. The molecule has 17 heavy (non-hydrogen) atoms. The molecule has 3 rings (SSSR count). The first kappa shape index (κ1) is 10.2. The second kappa shape index (κ2) is 3.80. The Bertz CT molecular complexity index is 560. The SMILES string of the molecule is CNc1c2c(nn1-c1cccc(O)c1)CCC2. The Morgan fingerprint density at radius 1 is 1.35 bits per heavy atom. The second-order valence-corrected chi connectivity index (χ2v) is 4.31. The summed E-state index contributed by atoms with van der Waals surface area (Å²) in [6, 6.07) is 7.17. The Morgan fingerprint density at radius 2 is 2.24 bits per heavy atom. The van der Waals surface area contributed by atoms with E-state index in [9.17, 15) is 5.11 Å². The van der Waals surface area contributed by atoms with Crippen LogP contribution in [0.2, 0.25) is 0 Å². The van der Waals surface area contributed by atoms with E-state index >= 15 is 0 Å². The van der Waals surface area contributed by atoms with Crippen molar-refractivity contribution in [2.75, 3.05) is 12.4 Å². The van der Waals surface area contributed by atoms with Crippen LogP contribution in [0.5, 0.6) is 5.75 Å². The minimum Gasteiger partial charge on any atom is -0.508 e. The summed E-state index contributed by atoms with van der Waals surface area (Å²) in [5, 5.41) is 17.4. The van der Waals surface area contributed by atoms with Crippen molar-refractivity contribution in [1.82, 2.24) is 9.78 Å². The molecule has 0 saturated carbocycles. The average Bonchev–Trinajstić information content (AvgIpc) is 2.88. The van der Waals surface area contributed by atoms with E-state index in [2.05, 4.69) is 10.4 Å². The summed E-state index contributed by atoms with van der Waals surface area (Å²) in [4.78, 5) is 0. The number of anilines is 1. The maximum Gasteiger partial charge on any atom is 0.133 e. The average molecular weight is 229 g/mol. The first-order chi connectivity index (χ1) is 8.29. The van der Waals surface area contributed by atoms with E-state index in [4.69, 9.17) is 0 Å². The van der Waals surface area contributed by atoms with Crippen LogP contribution in [0.3, 0.4) is 0 Å². The summed E-state index contributed by atoms with van der Waals surface area (Å²) in [5.74, 6) is 1.31. The van der Waals surface area contributed by atoms with E-state index in [0.29, 0.717) is 0 Å². The number of nitrogens with one attached hydrogen (secondary N) is 1. The Hall–Kier alpha value is -1.97. The van der Waals surface area contributed by atoms with E-state index in [1.165, 1.54) is 17.7 Å². The summed E-state index contributed by atoms with van der Waals surface area (Å²) >= 11 is 0. The lowest BCUT2D eigenvalue weighted by Crippen LogP contribution is -2.04. The van der Waals surface area contributed by atoms with Gasteiger partial charge in [0.25, 0.3) is 0 Å². The van der Waals surface area contributed by atoms with Crippen molar-refractivity contribution in [2.45, 2.75) is 19.3 Å². The van der Waals surface area contributed by atoms with Gasteiger partial charge in [-0.3, -0.25) is 0 Å². The zero-order valence-corrected chi connectivity index (χ0v) is 9.77. The van der Waals surface area contributed by atoms with Gasteiger partial charge >= 0.3 is 0 Å². The van der Waals surface area contributed by atoms with Crippen LogP contribution in [-0.2, 0) is 12.8 Å². The minimum atomic E-state index is 0.264. The first-order valence-corrected chi connectivity index (χ1v) is 5.87. The van der Waals surface area contributed by atoms with Crippen molar-refractivity contribution in [2.24, 2.45) is 0 Å². The lowest BCUT2D eigenvalue weighted by molar-refractivity contribution is 0.475. The number of aromatic hydroxyl groups is 1. The molecule has 1 aliphatic carbocycles. The highest BCUT2D eigenvalue weighted by molar-refractivity contribution is 5.55. The fourth-order valence-electron chi connectivity index (χ4n) is 2.46. The van der Waals surface area contributed by atoms with Gasteiger partial charge in [-0.1, -0.05) is 6.07 Å². The van der Waals surface area contributed by atoms with Gasteiger partial charge in [-0.15, -0.1) is 0 Å². The Balaban J connectivity index is 2.15. The molecule has 2 N–H and O–H groups in total. The molecule has 1 heterocycles. The Labute approximate surface area is 99.9 Å². The van der Waals surface area contributed by atoms with E-state index in [-0.39, 0.29) is 5.75 Å². The topological polar surface area (TPSA) is 50.1 Å². The highest BCUT2D eigenvalue weighted by Gasteiger charge is 2.21. The van der Waals surface area contributed by atoms with Gasteiger partial charge in [-0.2, -0.15) is 5.10 Å². The maximum absolute atomic E-state index is 9.52. The van der Waals surface area contributed by atoms with Gasteiger partial charge in [-0.05, 0) is 31.4 Å². The van der Waals surface area contributed by atoms with Gasteiger partial charge in [0.1, 0.15) is 11.6 Å². The molecule has 2 aromatic rings. The van der Waals surface area contributed by atoms with Crippen LogP contribution in [-0.4, -0.2) is 21.9 Å². The van der Waals surface area contributed by atoms with Crippen LogP contribution in [0, 0.1) is 0 Å². The fourth-order valence-corrected chi connectivity index (χ4v) is 2.46. The van der Waals surface area contributed by atoms with Crippen LogP contribution in [0.25, 0.3) is 5.69 Å². The van der Waals surface area contributed by atoms with Gasteiger partial charge in [0.15, 0.2) is 0 Å². The molecule has 0 aliphatic heterocycles. The molecule has 0 amide bonds. The summed E-state index contributed by atoms with van der Waals surface area (Å²) in [7, 11) is 1.91. The van der Waals surface area contributed by atoms with Crippen molar-refractivity contribution < 1.29 is 5.11 Å². The van der Waals surface area contributed by atoms with Crippen LogP contribution >= 0.6 is 0 Å². The third-order valence-electron chi connectivity index (χ3n) is 3.22. The molecule has 88 valence electrons. The Morgan fingerprint density at radius 3 is 3.00 bits per heavy atom. The molecule has 4 heteroatoms. The number of benzene rings is 1. The lowest BCUT2D eigenvalue weighted by Gasteiger charge is -2.08. The highest BCUT2D eigenvalue weighted by atomic mass is 16.3. The molecule has 1 aliphatic rings. The molecule has 1 aromatic carbocycles. The number of nitrogens with zero attached hydrogens (tertiary/aromatic N) is 2. The number of phenols is 1. The quantitative estimate of drug-likeness (QED) is 0.829. The van der Waals surface area contributed by atoms with Gasteiger partial charge in [0, 0.05) is 18.7 Å². The number of hydrogen-bond acceptors (Lipinski definition) is 3. The lowest BCUT2D eigenvalue weighted by atomic mass is 10.2. The summed E-state index contributed by atoms with van der Waals surface area (Å²) in [5.41, 5.74) is 3.39. The molecule has 1 aromatic heterocycles. The number of fused-ring (bicyclic) bond motifs is 1. The van der Waals surface area contributed by atoms with E-state index in [0.717, 1.165) is 24.3 Å². The van der Waals surface area contributed by atoms with E-state index in [1.807, 2.05) is 23.9 Å². The van der Waals surface area contributed by atoms with Crippen molar-refractivity contribution in [3.8, 4) is 11.4 Å². The molecule has 0 fully saturated rings. The highest BCUT2D eigenvalue weighted by Crippen LogP contribution is 2.31. The zero-order chi connectivity index (χ0) is 11.8. The van der Waals surface area contributed by atoms with E-state index < -0.39 is 0 Å². The molecule has 0 atom stereocenters. The van der Waals surface area contributed by atoms with Crippen molar-refractivity contribution >= 4 is 5.82 Å². The molecular weight excluding hydrogens is 214 g/mol. The predicted molar refractivity (Wildman–Crippen MR) is 66.8 cm³/mol. The van der Waals surface area contributed by atoms with Crippen LogP contribution in [0.1, 0.15) is 17.7 Å². The molecule has 0 bridgehead atoms. The zero-order valence-electron chi connectivity index (χ0n) is 9.77. The minimum absolute atomic E-state index is 0.264. The number of hydrogen-bond donors (Lipinski definition) is 2. The van der Waals surface area contributed by atoms with Gasteiger partial charge in [0.05, 0.1) is 11.4 Å². The van der Waals surface area contributed by atoms with Crippen molar-refractivity contribution in [1.29, 1.82) is 0 Å². The van der Waals surface area contributed by atoms with Crippen molar-refractivity contribution in [3.05, 3.63) is 35.5 Å². The molecular formula is C13H15N3O. The van der Waals surface area contributed by atoms with Gasteiger partial charge in [0.2, 0.25) is 0 Å². The second-order valence-electron chi connectivity index (χ2n) is 4.31. The molecule has 0 spiro atoms. The molecule has 0 saturated heterocycles. The standard InChI is InChI=1S/C13H15N3O/c1-14-13-11-6-3-7-12(11)15-16(13)9-4-2-5-10(17)8-9/h2,4-5,8,14,17H,3,6-7H2,1H3. The van der Waals surface area contributed by atoms with Gasteiger partial charge < -0.3 is 10.4 Å². The third-order valence-corrected chi connectivity index (χ3v) is 3.22. The fraction of sp³-hybridized carbons (Fsp3) is 0.308. The van der Waals surface area contributed by atoms with Crippen molar-refractivity contribution in [3.63, 3.8) is 0 Å². The molecule has 0 radical (unpaired) electrons. The largest absolute Gasteiger partial charge is 0.508 e. The number of phenolic OH excluding ortho intramolecular Hbond substituents is 1. The van der Waals surface area contributed by atoms with Gasteiger partial charge in [-0.25, -0.2) is 4.68 Å². The number of aromatic nitrogens is 2. The predicted octanol–water partition coefficient (Wildman–Crippen LogP) is 2.11. The molecule has 0 unspecified atom stereocenters. The maximum atomic E-state index is 9.52. The third kappa shape index (κ3) is 1.56. The van der Waals surface area contributed by atoms with Crippen LogP contribution in [0.15, 0.2) is 24.3 Å². The summed E-state index contributed by atoms with van der Waals surface area (Å²) in [6.45, 7) is 0. The number of aryl methyl sites for hydroxylation is 1. The molecule has 4 nitrogen and oxygen atoms in total.